The summed E-state index contributed by atoms with van der Waals surface area (Å²) < 4.78 is 23.8. The fraction of sp³-hybridized carbons (Fsp3) is 0.483. The van der Waals surface area contributed by atoms with Crippen LogP contribution in [0.2, 0.25) is 0 Å². The minimum atomic E-state index is -0.192. The number of rotatable bonds is 16. The van der Waals surface area contributed by atoms with Crippen molar-refractivity contribution in [1.82, 2.24) is 0 Å². The summed E-state index contributed by atoms with van der Waals surface area (Å²) in [5.74, 6) is 2.10. The molecule has 2 aromatic rings. The molecule has 0 heterocycles. The smallest absolute Gasteiger partial charge is 0.193 e. The van der Waals surface area contributed by atoms with Gasteiger partial charge in [-0.25, -0.2) is 0 Å². The van der Waals surface area contributed by atoms with Crippen LogP contribution in [0.1, 0.15) is 81.8 Å². The van der Waals surface area contributed by atoms with Gasteiger partial charge in [-0.2, -0.15) is 0 Å². The Morgan fingerprint density at radius 3 is 1.85 bits per heavy atom. The van der Waals surface area contributed by atoms with Crippen molar-refractivity contribution in [3.05, 3.63) is 53.1 Å². The zero-order valence-corrected chi connectivity index (χ0v) is 21.4. The van der Waals surface area contributed by atoms with Gasteiger partial charge in [0.2, 0.25) is 0 Å². The number of aryl methyl sites for hydroxylation is 1. The van der Waals surface area contributed by atoms with Crippen molar-refractivity contribution in [2.24, 2.45) is 0 Å². The quantitative estimate of drug-likeness (QED) is 0.191. The summed E-state index contributed by atoms with van der Waals surface area (Å²) >= 11 is 0. The number of hydrogen-bond donors (Lipinski definition) is 0. The molecule has 0 saturated heterocycles. The van der Waals surface area contributed by atoms with E-state index < -0.39 is 0 Å². The van der Waals surface area contributed by atoms with Crippen LogP contribution >= 0.6 is 0 Å². The highest BCUT2D eigenvalue weighted by molar-refractivity contribution is 6.11. The maximum Gasteiger partial charge on any atom is 0.193 e. The summed E-state index contributed by atoms with van der Waals surface area (Å²) in [5, 5.41) is 0. The van der Waals surface area contributed by atoms with Crippen LogP contribution < -0.4 is 18.9 Å². The molecule has 0 unspecified atom stereocenters. The van der Waals surface area contributed by atoms with Crippen LogP contribution in [0.15, 0.2) is 36.4 Å². The van der Waals surface area contributed by atoms with Crippen molar-refractivity contribution in [1.29, 1.82) is 0 Å². The lowest BCUT2D eigenvalue weighted by Crippen LogP contribution is -2.10. The van der Waals surface area contributed by atoms with Gasteiger partial charge in [0.1, 0.15) is 17.1 Å². The molecule has 0 aliphatic carbocycles. The number of hydrogen-bond acceptors (Lipinski definition) is 5. The normalized spacial score (nSPS) is 11.0. The lowest BCUT2D eigenvalue weighted by Gasteiger charge is -2.18. The second kappa shape index (κ2) is 15.0. The molecule has 0 bridgehead atoms. The number of ether oxygens (including phenoxy) is 4. The van der Waals surface area contributed by atoms with Gasteiger partial charge in [-0.1, -0.05) is 40.7 Å². The Morgan fingerprint density at radius 1 is 0.706 bits per heavy atom. The SMILES string of the molecule is CCCOc1ccc(CC)cc1C=CC(=O)c1c(OCCC)ccc(OCCC)c1OCCC. The van der Waals surface area contributed by atoms with E-state index in [0.717, 1.165) is 43.4 Å². The molecule has 0 radical (unpaired) electrons. The van der Waals surface area contributed by atoms with Gasteiger partial charge in [0.05, 0.1) is 26.4 Å². The number of ketones is 1. The molecule has 0 aliphatic heterocycles. The summed E-state index contributed by atoms with van der Waals surface area (Å²) in [6, 6.07) is 9.73. The average Bonchev–Trinajstić information content (AvgIpc) is 2.87. The van der Waals surface area contributed by atoms with E-state index in [2.05, 4.69) is 26.0 Å². The molecule has 0 amide bonds. The van der Waals surface area contributed by atoms with Crippen LogP contribution in [0.5, 0.6) is 23.0 Å². The molecule has 2 aromatic carbocycles. The maximum absolute atomic E-state index is 13.5. The maximum atomic E-state index is 13.5. The molecule has 0 N–H and O–H groups in total. The molecule has 186 valence electrons. The Kier molecular flexibility index (Phi) is 12.1. The third kappa shape index (κ3) is 7.82. The van der Waals surface area contributed by atoms with Crippen LogP contribution in [0.25, 0.3) is 6.08 Å². The van der Waals surface area contributed by atoms with Crippen molar-refractivity contribution in [3.63, 3.8) is 0 Å². The van der Waals surface area contributed by atoms with Crippen LogP contribution in [-0.4, -0.2) is 32.2 Å². The minimum absolute atomic E-state index is 0.192. The summed E-state index contributed by atoms with van der Waals surface area (Å²) in [5.41, 5.74) is 2.46. The molecular weight excluding hydrogens is 428 g/mol. The largest absolute Gasteiger partial charge is 0.493 e. The summed E-state index contributed by atoms with van der Waals surface area (Å²) in [6.07, 6.45) is 7.73. The molecule has 0 atom stereocenters. The van der Waals surface area contributed by atoms with Crippen LogP contribution in [0.4, 0.5) is 0 Å². The van der Waals surface area contributed by atoms with Crippen molar-refractivity contribution < 1.29 is 23.7 Å². The van der Waals surface area contributed by atoms with E-state index in [4.69, 9.17) is 18.9 Å². The second-order valence-electron chi connectivity index (χ2n) is 8.08. The van der Waals surface area contributed by atoms with E-state index in [9.17, 15) is 4.79 Å². The topological polar surface area (TPSA) is 54.0 Å². The fourth-order valence-corrected chi connectivity index (χ4v) is 3.32. The zero-order chi connectivity index (χ0) is 24.8. The molecule has 5 nitrogen and oxygen atoms in total. The van der Waals surface area contributed by atoms with Crippen molar-refractivity contribution >= 4 is 11.9 Å². The van der Waals surface area contributed by atoms with Gasteiger partial charge < -0.3 is 18.9 Å². The Hall–Kier alpha value is -2.95. The number of allylic oxidation sites excluding steroid dienone is 1. The Morgan fingerprint density at radius 2 is 1.24 bits per heavy atom. The summed E-state index contributed by atoms with van der Waals surface area (Å²) in [6.45, 7) is 12.5. The zero-order valence-electron chi connectivity index (χ0n) is 21.4. The van der Waals surface area contributed by atoms with E-state index in [1.807, 2.05) is 39.0 Å². The third-order valence-corrected chi connectivity index (χ3v) is 5.06. The first kappa shape index (κ1) is 27.3. The monoisotopic (exact) mass is 468 g/mol. The van der Waals surface area contributed by atoms with Crippen molar-refractivity contribution in [2.75, 3.05) is 26.4 Å². The van der Waals surface area contributed by atoms with Crippen molar-refractivity contribution in [3.8, 4) is 23.0 Å². The van der Waals surface area contributed by atoms with Crippen LogP contribution in [0, 0.1) is 0 Å². The molecule has 2 rings (SSSR count). The van der Waals surface area contributed by atoms with E-state index in [1.54, 1.807) is 12.1 Å². The third-order valence-electron chi connectivity index (χ3n) is 5.06. The lowest BCUT2D eigenvalue weighted by atomic mass is 10.0. The molecule has 0 spiro atoms. The Bertz CT molecular complexity index is 932. The Labute approximate surface area is 205 Å². The minimum Gasteiger partial charge on any atom is -0.493 e. The van der Waals surface area contributed by atoms with E-state index >= 15 is 0 Å². The molecule has 0 aliphatic rings. The van der Waals surface area contributed by atoms with Gasteiger partial charge in [0.25, 0.3) is 0 Å². The fourth-order valence-electron chi connectivity index (χ4n) is 3.32. The predicted octanol–water partition coefficient (Wildman–Crippen LogP) is 7.30. The van der Waals surface area contributed by atoms with Crippen LogP contribution in [-0.2, 0) is 6.42 Å². The highest BCUT2D eigenvalue weighted by Crippen LogP contribution is 2.39. The highest BCUT2D eigenvalue weighted by Gasteiger charge is 2.22. The predicted molar refractivity (Wildman–Crippen MR) is 139 cm³/mol. The molecule has 0 aromatic heterocycles. The molecule has 0 saturated carbocycles. The second-order valence-corrected chi connectivity index (χ2v) is 8.08. The van der Waals surface area contributed by atoms with Gasteiger partial charge >= 0.3 is 0 Å². The number of carbonyl (C=O) groups excluding carboxylic acids is 1. The first-order chi connectivity index (χ1) is 16.6. The van der Waals surface area contributed by atoms with E-state index in [-0.39, 0.29) is 5.78 Å². The van der Waals surface area contributed by atoms with Gasteiger partial charge in [-0.05, 0) is 74.1 Å². The first-order valence-corrected chi connectivity index (χ1v) is 12.6. The molecule has 34 heavy (non-hydrogen) atoms. The van der Waals surface area contributed by atoms with Gasteiger partial charge in [-0.3, -0.25) is 4.79 Å². The number of benzene rings is 2. The summed E-state index contributed by atoms with van der Waals surface area (Å²) in [4.78, 5) is 13.5. The Balaban J connectivity index is 2.50. The first-order valence-electron chi connectivity index (χ1n) is 12.6. The van der Waals surface area contributed by atoms with Gasteiger partial charge in [-0.15, -0.1) is 0 Å². The van der Waals surface area contributed by atoms with Gasteiger partial charge in [0, 0.05) is 5.56 Å². The number of carbonyl (C=O) groups is 1. The van der Waals surface area contributed by atoms with Gasteiger partial charge in [0.15, 0.2) is 17.3 Å². The van der Waals surface area contributed by atoms with E-state index in [1.165, 1.54) is 5.56 Å². The molecule has 5 heteroatoms. The summed E-state index contributed by atoms with van der Waals surface area (Å²) in [7, 11) is 0. The van der Waals surface area contributed by atoms with Crippen LogP contribution in [0.3, 0.4) is 0 Å². The average molecular weight is 469 g/mol. The molecule has 0 fully saturated rings. The van der Waals surface area contributed by atoms with E-state index in [0.29, 0.717) is 49.2 Å². The van der Waals surface area contributed by atoms with Crippen molar-refractivity contribution in [2.45, 2.75) is 66.7 Å². The highest BCUT2D eigenvalue weighted by atomic mass is 16.5. The molecular formula is C29H40O5. The lowest BCUT2D eigenvalue weighted by molar-refractivity contribution is 0.103. The standard InChI is InChI=1S/C29H40O5/c1-6-17-31-25-14-11-22(10-5)21-23(25)12-13-24(30)28-26(32-18-7-2)15-16-27(33-19-8-3)29(28)34-20-9-4/h11-16,21H,6-10,17-20H2,1-5H3.